The number of hydrogen-bond donors (Lipinski definition) is 0. The molecule has 0 aromatic rings. The molecule has 0 rings (SSSR count). The van der Waals surface area contributed by atoms with Crippen LogP contribution in [0.25, 0.3) is 0 Å². The average Bonchev–Trinajstić information content (AvgIpc) is 1.83. The van der Waals surface area contributed by atoms with Crippen LogP contribution in [0.5, 0.6) is 0 Å². The van der Waals surface area contributed by atoms with Crippen molar-refractivity contribution < 1.29 is 8.42 Å². The summed E-state index contributed by atoms with van der Waals surface area (Å²) in [4.78, 5) is -0.341. The van der Waals surface area contributed by atoms with Gasteiger partial charge in [-0.05, 0) is 5.92 Å². The Bertz CT molecular complexity index is 282. The van der Waals surface area contributed by atoms with Crippen molar-refractivity contribution in [2.75, 3.05) is 5.75 Å². The van der Waals surface area contributed by atoms with Gasteiger partial charge in [0, 0.05) is 0 Å². The highest BCUT2D eigenvalue weighted by molar-refractivity contribution is 7.95. The van der Waals surface area contributed by atoms with Crippen LogP contribution in [0.3, 0.4) is 0 Å². The van der Waals surface area contributed by atoms with Crippen molar-refractivity contribution in [3.8, 4) is 6.07 Å². The lowest BCUT2D eigenvalue weighted by Crippen LogP contribution is -2.12. The molecule has 0 radical (unpaired) electrons. The topological polar surface area (TPSA) is 57.9 Å². The molecule has 11 heavy (non-hydrogen) atoms. The zero-order valence-electron chi connectivity index (χ0n) is 6.66. The van der Waals surface area contributed by atoms with Crippen LogP contribution < -0.4 is 0 Å². The predicted octanol–water partition coefficient (Wildman–Crippen LogP) is 1.09. The van der Waals surface area contributed by atoms with Crippen LogP contribution in [0, 0.1) is 17.2 Å². The number of nitrogens with zero attached hydrogens (tertiary/aromatic N) is 1. The molecule has 0 saturated heterocycles. The molecule has 0 amide bonds. The van der Waals surface area contributed by atoms with Crippen LogP contribution in [0.4, 0.5) is 0 Å². The van der Waals surface area contributed by atoms with Crippen molar-refractivity contribution in [1.29, 1.82) is 5.26 Å². The number of sulfone groups is 1. The number of rotatable bonds is 3. The van der Waals surface area contributed by atoms with E-state index in [2.05, 4.69) is 6.58 Å². The highest BCUT2D eigenvalue weighted by Gasteiger charge is 2.16. The summed E-state index contributed by atoms with van der Waals surface area (Å²) in [5.41, 5.74) is 0. The summed E-state index contributed by atoms with van der Waals surface area (Å²) >= 11 is 0. The molecule has 0 heterocycles. The van der Waals surface area contributed by atoms with Gasteiger partial charge in [-0.3, -0.25) is 0 Å². The minimum absolute atomic E-state index is 0.000602. The van der Waals surface area contributed by atoms with Gasteiger partial charge < -0.3 is 0 Å². The quantitative estimate of drug-likeness (QED) is 0.600. The van der Waals surface area contributed by atoms with E-state index in [1.54, 1.807) is 13.8 Å². The maximum absolute atomic E-state index is 11.0. The molecular weight excluding hydrogens is 162 g/mol. The summed E-state index contributed by atoms with van der Waals surface area (Å²) in [5.74, 6) is 0.0319. The summed E-state index contributed by atoms with van der Waals surface area (Å²) in [6, 6.07) is 1.53. The first-order chi connectivity index (χ1) is 4.90. The highest BCUT2D eigenvalue weighted by Crippen LogP contribution is 2.07. The van der Waals surface area contributed by atoms with Crippen LogP contribution in [0.1, 0.15) is 13.8 Å². The lowest BCUT2D eigenvalue weighted by molar-refractivity contribution is 0.589. The maximum Gasteiger partial charge on any atom is 0.188 e. The van der Waals surface area contributed by atoms with Gasteiger partial charge in [0.25, 0.3) is 0 Å². The van der Waals surface area contributed by atoms with Gasteiger partial charge in [-0.25, -0.2) is 8.42 Å². The Morgan fingerprint density at radius 2 is 2.09 bits per heavy atom. The Balaban J connectivity index is 4.53. The highest BCUT2D eigenvalue weighted by atomic mass is 32.2. The number of nitriles is 1. The van der Waals surface area contributed by atoms with Gasteiger partial charge in [0.1, 0.15) is 11.0 Å². The van der Waals surface area contributed by atoms with E-state index in [1.807, 2.05) is 0 Å². The molecule has 0 saturated carbocycles. The third kappa shape index (κ3) is 3.19. The maximum atomic E-state index is 11.0. The fourth-order valence-electron chi connectivity index (χ4n) is 0.609. The normalized spacial score (nSPS) is 11.1. The third-order valence-corrected chi connectivity index (χ3v) is 3.00. The molecule has 0 unspecified atom stereocenters. The van der Waals surface area contributed by atoms with E-state index in [9.17, 15) is 8.42 Å². The second-order valence-corrected chi connectivity index (χ2v) is 4.77. The first-order valence-electron chi connectivity index (χ1n) is 3.22. The van der Waals surface area contributed by atoms with Crippen molar-refractivity contribution >= 4 is 9.84 Å². The molecule has 0 aliphatic rings. The first kappa shape index (κ1) is 10.2. The van der Waals surface area contributed by atoms with E-state index < -0.39 is 9.84 Å². The largest absolute Gasteiger partial charge is 0.223 e. The van der Waals surface area contributed by atoms with Gasteiger partial charge in [-0.2, -0.15) is 5.26 Å². The fraction of sp³-hybridized carbons (Fsp3) is 0.571. The van der Waals surface area contributed by atoms with Crippen LogP contribution in [-0.4, -0.2) is 14.2 Å². The van der Waals surface area contributed by atoms with E-state index in [0.29, 0.717) is 0 Å². The minimum atomic E-state index is -3.37. The van der Waals surface area contributed by atoms with Crippen molar-refractivity contribution in [3.05, 3.63) is 11.5 Å². The minimum Gasteiger partial charge on any atom is -0.223 e. The van der Waals surface area contributed by atoms with Gasteiger partial charge in [-0.15, -0.1) is 0 Å². The molecule has 0 bridgehead atoms. The van der Waals surface area contributed by atoms with E-state index in [4.69, 9.17) is 5.26 Å². The number of allylic oxidation sites excluding steroid dienone is 1. The Morgan fingerprint density at radius 1 is 1.64 bits per heavy atom. The van der Waals surface area contributed by atoms with Gasteiger partial charge in [0.15, 0.2) is 9.84 Å². The summed E-state index contributed by atoms with van der Waals surface area (Å²) in [6.45, 7) is 6.71. The average molecular weight is 173 g/mol. The monoisotopic (exact) mass is 173 g/mol. The SMILES string of the molecule is C=C(C#N)S(=O)(=O)CC(C)C. The fourth-order valence-corrected chi connectivity index (χ4v) is 1.83. The summed E-state index contributed by atoms with van der Waals surface area (Å²) < 4.78 is 22.1. The van der Waals surface area contributed by atoms with Gasteiger partial charge >= 0.3 is 0 Å². The van der Waals surface area contributed by atoms with Crippen molar-refractivity contribution in [1.82, 2.24) is 0 Å². The molecular formula is C7H11NO2S. The van der Waals surface area contributed by atoms with Crippen LogP contribution in [0.15, 0.2) is 11.5 Å². The van der Waals surface area contributed by atoms with Gasteiger partial charge in [0.2, 0.25) is 0 Å². The van der Waals surface area contributed by atoms with Crippen molar-refractivity contribution in [2.24, 2.45) is 5.92 Å². The molecule has 0 aliphatic heterocycles. The lowest BCUT2D eigenvalue weighted by Gasteiger charge is -2.03. The third-order valence-electron chi connectivity index (χ3n) is 1.05. The van der Waals surface area contributed by atoms with Crippen LogP contribution in [-0.2, 0) is 9.84 Å². The smallest absolute Gasteiger partial charge is 0.188 e. The Morgan fingerprint density at radius 3 is 2.36 bits per heavy atom. The zero-order chi connectivity index (χ0) is 9.07. The second kappa shape index (κ2) is 3.54. The Kier molecular flexibility index (Phi) is 3.27. The van der Waals surface area contributed by atoms with E-state index in [-0.39, 0.29) is 16.6 Å². The second-order valence-electron chi connectivity index (χ2n) is 2.71. The Labute approximate surface area is 67.3 Å². The molecule has 0 atom stereocenters. The van der Waals surface area contributed by atoms with Crippen molar-refractivity contribution in [2.45, 2.75) is 13.8 Å². The van der Waals surface area contributed by atoms with Gasteiger partial charge in [-0.1, -0.05) is 20.4 Å². The summed E-state index contributed by atoms with van der Waals surface area (Å²) in [7, 11) is -3.37. The van der Waals surface area contributed by atoms with E-state index >= 15 is 0 Å². The van der Waals surface area contributed by atoms with Gasteiger partial charge in [0.05, 0.1) is 5.75 Å². The molecule has 0 aromatic carbocycles. The predicted molar refractivity (Wildman–Crippen MR) is 43.4 cm³/mol. The molecule has 62 valence electrons. The van der Waals surface area contributed by atoms with Crippen molar-refractivity contribution in [3.63, 3.8) is 0 Å². The molecule has 0 aliphatic carbocycles. The van der Waals surface area contributed by atoms with Crippen LogP contribution in [0.2, 0.25) is 0 Å². The van der Waals surface area contributed by atoms with E-state index in [1.165, 1.54) is 6.07 Å². The molecule has 4 heteroatoms. The summed E-state index contributed by atoms with van der Waals surface area (Å²) in [5, 5.41) is 8.25. The molecule has 0 fully saturated rings. The summed E-state index contributed by atoms with van der Waals surface area (Å²) in [6.07, 6.45) is 0. The zero-order valence-corrected chi connectivity index (χ0v) is 7.48. The lowest BCUT2D eigenvalue weighted by atomic mass is 10.3. The first-order valence-corrected chi connectivity index (χ1v) is 4.87. The Hall–Kier alpha value is -0.820. The number of hydrogen-bond acceptors (Lipinski definition) is 3. The molecule has 0 aromatic heterocycles. The van der Waals surface area contributed by atoms with E-state index in [0.717, 1.165) is 0 Å². The van der Waals surface area contributed by atoms with Crippen LogP contribution >= 0.6 is 0 Å². The molecule has 3 nitrogen and oxygen atoms in total. The molecule has 0 spiro atoms. The molecule has 0 N–H and O–H groups in total. The standard InChI is InChI=1S/C7H11NO2S/c1-6(2)5-11(9,10)7(3)4-8/h6H,3,5H2,1-2H3.